The van der Waals surface area contributed by atoms with Gasteiger partial charge in [0.15, 0.2) is 0 Å². The monoisotopic (exact) mass is 418 g/mol. The fourth-order valence-electron chi connectivity index (χ4n) is 3.45. The number of hydrogen-bond donors (Lipinski definition) is 3. The van der Waals surface area contributed by atoms with E-state index in [4.69, 9.17) is 0 Å². The summed E-state index contributed by atoms with van der Waals surface area (Å²) >= 11 is 0. The van der Waals surface area contributed by atoms with Crippen LogP contribution in [0.15, 0.2) is 71.2 Å². The van der Waals surface area contributed by atoms with Crippen LogP contribution in [0, 0.1) is 12.7 Å². The molecule has 0 saturated heterocycles. The molecule has 2 amide bonds. The molecule has 2 heterocycles. The number of amides is 2. The molecule has 0 radical (unpaired) electrons. The van der Waals surface area contributed by atoms with E-state index in [1.54, 1.807) is 24.3 Å². The summed E-state index contributed by atoms with van der Waals surface area (Å²) in [6.07, 6.45) is 1.49. The van der Waals surface area contributed by atoms with Gasteiger partial charge in [0.25, 0.3) is 11.5 Å². The molecule has 1 aromatic heterocycles. The first-order valence-electron chi connectivity index (χ1n) is 9.64. The molecule has 2 aromatic carbocycles. The average molecular weight is 418 g/mol. The highest BCUT2D eigenvalue weighted by Crippen LogP contribution is 2.32. The number of halogens is 1. The first-order chi connectivity index (χ1) is 14.9. The molecule has 8 heteroatoms. The lowest BCUT2D eigenvalue weighted by atomic mass is 9.86. The molecular weight excluding hydrogens is 399 g/mol. The van der Waals surface area contributed by atoms with Crippen LogP contribution in [-0.4, -0.2) is 22.0 Å². The molecule has 4 rings (SSSR count). The molecule has 0 aliphatic carbocycles. The first kappa shape index (κ1) is 20.2. The predicted octanol–water partition coefficient (Wildman–Crippen LogP) is 3.01. The summed E-state index contributed by atoms with van der Waals surface area (Å²) in [5.41, 5.74) is 3.44. The summed E-state index contributed by atoms with van der Waals surface area (Å²) < 4.78 is 13.3. The Bertz CT molecular complexity index is 1230. The van der Waals surface area contributed by atoms with Gasteiger partial charge in [0.2, 0.25) is 5.91 Å². The van der Waals surface area contributed by atoms with E-state index < -0.39 is 5.92 Å². The number of hydrogen-bond acceptors (Lipinski definition) is 4. The van der Waals surface area contributed by atoms with Crippen LogP contribution in [-0.2, 0) is 9.59 Å². The average Bonchev–Trinajstić information content (AvgIpc) is 2.76. The number of aryl methyl sites for hydroxylation is 1. The second-order valence-electron chi connectivity index (χ2n) is 7.27. The van der Waals surface area contributed by atoms with Crippen molar-refractivity contribution in [1.29, 1.82) is 0 Å². The van der Waals surface area contributed by atoms with Crippen molar-refractivity contribution in [3.05, 3.63) is 93.7 Å². The van der Waals surface area contributed by atoms with Crippen molar-refractivity contribution in [2.75, 3.05) is 5.32 Å². The number of aromatic amines is 1. The molecule has 31 heavy (non-hydrogen) atoms. The van der Waals surface area contributed by atoms with Gasteiger partial charge in [-0.2, -0.15) is 5.10 Å². The van der Waals surface area contributed by atoms with Crippen LogP contribution < -0.4 is 16.2 Å². The zero-order valence-corrected chi connectivity index (χ0v) is 16.6. The Balaban J connectivity index is 1.62. The smallest absolute Gasteiger partial charge is 0.264 e. The third kappa shape index (κ3) is 4.42. The van der Waals surface area contributed by atoms with Crippen LogP contribution in [0.3, 0.4) is 0 Å². The lowest BCUT2D eigenvalue weighted by Crippen LogP contribution is -2.32. The molecule has 0 saturated carbocycles. The second-order valence-corrected chi connectivity index (χ2v) is 7.27. The van der Waals surface area contributed by atoms with Crippen molar-refractivity contribution in [1.82, 2.24) is 15.5 Å². The number of H-pyrrole nitrogens is 1. The van der Waals surface area contributed by atoms with Crippen molar-refractivity contribution in [3.8, 4) is 11.3 Å². The Hall–Kier alpha value is -4.07. The number of carbonyl (C=O) groups excluding carboxylic acids is 2. The van der Waals surface area contributed by atoms with Gasteiger partial charge in [0, 0.05) is 41.4 Å². The number of benzene rings is 2. The van der Waals surface area contributed by atoms with E-state index >= 15 is 0 Å². The van der Waals surface area contributed by atoms with Crippen molar-refractivity contribution < 1.29 is 14.0 Å². The summed E-state index contributed by atoms with van der Waals surface area (Å²) in [5, 5.41) is 11.9. The topological polar surface area (TPSA) is 104 Å². The van der Waals surface area contributed by atoms with Gasteiger partial charge < -0.3 is 10.6 Å². The molecule has 0 unspecified atom stereocenters. The van der Waals surface area contributed by atoms with Gasteiger partial charge in [-0.15, -0.1) is 0 Å². The number of carbonyl (C=O) groups is 2. The molecule has 0 spiro atoms. The van der Waals surface area contributed by atoms with Crippen molar-refractivity contribution in [3.63, 3.8) is 0 Å². The van der Waals surface area contributed by atoms with Crippen LogP contribution in [0.5, 0.6) is 0 Å². The molecule has 0 fully saturated rings. The quantitative estimate of drug-likeness (QED) is 0.606. The van der Waals surface area contributed by atoms with Gasteiger partial charge in [-0.05, 0) is 42.3 Å². The number of nitrogens with zero attached hydrogens (tertiary/aromatic N) is 1. The lowest BCUT2D eigenvalue weighted by molar-refractivity contribution is -0.121. The van der Waals surface area contributed by atoms with E-state index in [0.29, 0.717) is 22.5 Å². The third-order valence-corrected chi connectivity index (χ3v) is 5.15. The molecule has 3 N–H and O–H groups in total. The molecule has 156 valence electrons. The summed E-state index contributed by atoms with van der Waals surface area (Å²) in [6, 6.07) is 14.2. The third-order valence-electron chi connectivity index (χ3n) is 5.15. The Morgan fingerprint density at radius 3 is 2.58 bits per heavy atom. The Morgan fingerprint density at radius 1 is 1.10 bits per heavy atom. The Morgan fingerprint density at radius 2 is 1.87 bits per heavy atom. The minimum Gasteiger partial charge on any atom is -0.332 e. The molecule has 1 aliphatic rings. The highest BCUT2D eigenvalue weighted by atomic mass is 19.1. The van der Waals surface area contributed by atoms with E-state index in [1.807, 2.05) is 19.1 Å². The molecule has 7 nitrogen and oxygen atoms in total. The van der Waals surface area contributed by atoms with Gasteiger partial charge in [-0.3, -0.25) is 14.4 Å². The minimum atomic E-state index is -0.487. The number of rotatable bonds is 4. The second kappa shape index (κ2) is 8.35. The highest BCUT2D eigenvalue weighted by Gasteiger charge is 2.29. The van der Waals surface area contributed by atoms with Gasteiger partial charge in [0.05, 0.1) is 5.69 Å². The van der Waals surface area contributed by atoms with Crippen LogP contribution >= 0.6 is 0 Å². The van der Waals surface area contributed by atoms with Crippen LogP contribution in [0.1, 0.15) is 23.5 Å². The van der Waals surface area contributed by atoms with Crippen LogP contribution in [0.25, 0.3) is 11.3 Å². The van der Waals surface area contributed by atoms with E-state index in [0.717, 1.165) is 11.1 Å². The standard InChI is InChI=1S/C23H19FN4O3/c1-13-2-3-15(19-8-9-21(29)28-27-19)10-20(13)26-23(31)18-12-25-22(30)11-17(18)14-4-6-16(24)7-5-14/h2-10,12,17H,11H2,1H3,(H,25,30)(H,26,31)(H,28,29)/t17-/m0/s1. The van der Waals surface area contributed by atoms with Gasteiger partial charge in [-0.1, -0.05) is 24.3 Å². The maximum absolute atomic E-state index is 13.3. The molecule has 0 bridgehead atoms. The minimum absolute atomic E-state index is 0.0885. The maximum Gasteiger partial charge on any atom is 0.264 e. The summed E-state index contributed by atoms with van der Waals surface area (Å²) in [5.74, 6) is -1.46. The van der Waals surface area contributed by atoms with Gasteiger partial charge >= 0.3 is 0 Å². The molecule has 1 atom stereocenters. The summed E-state index contributed by atoms with van der Waals surface area (Å²) in [6.45, 7) is 1.86. The van der Waals surface area contributed by atoms with Crippen LogP contribution in [0.4, 0.5) is 10.1 Å². The summed E-state index contributed by atoms with van der Waals surface area (Å²) in [4.78, 5) is 36.3. The van der Waals surface area contributed by atoms with E-state index in [-0.39, 0.29) is 29.6 Å². The van der Waals surface area contributed by atoms with E-state index in [9.17, 15) is 18.8 Å². The Labute approximate surface area is 177 Å². The highest BCUT2D eigenvalue weighted by molar-refractivity contribution is 6.07. The molecule has 3 aromatic rings. The van der Waals surface area contributed by atoms with E-state index in [1.165, 1.54) is 24.4 Å². The normalized spacial score (nSPS) is 15.7. The van der Waals surface area contributed by atoms with Crippen LogP contribution in [0.2, 0.25) is 0 Å². The van der Waals surface area contributed by atoms with Crippen molar-refractivity contribution >= 4 is 17.5 Å². The predicted molar refractivity (Wildman–Crippen MR) is 114 cm³/mol. The largest absolute Gasteiger partial charge is 0.332 e. The first-order valence-corrected chi connectivity index (χ1v) is 9.64. The molecular formula is C23H19FN4O3. The zero-order valence-electron chi connectivity index (χ0n) is 16.6. The SMILES string of the molecule is Cc1ccc(-c2ccc(=O)[nH]n2)cc1NC(=O)C1=CNC(=O)C[C@H]1c1ccc(F)cc1. The van der Waals surface area contributed by atoms with E-state index in [2.05, 4.69) is 20.8 Å². The molecule has 1 aliphatic heterocycles. The zero-order chi connectivity index (χ0) is 22.0. The van der Waals surface area contributed by atoms with Crippen molar-refractivity contribution in [2.24, 2.45) is 0 Å². The Kier molecular flexibility index (Phi) is 5.44. The summed E-state index contributed by atoms with van der Waals surface area (Å²) in [7, 11) is 0. The van der Waals surface area contributed by atoms with Gasteiger partial charge in [-0.25, -0.2) is 9.49 Å². The fraction of sp³-hybridized carbons (Fsp3) is 0.130. The van der Waals surface area contributed by atoms with Crippen molar-refractivity contribution in [2.45, 2.75) is 19.3 Å². The van der Waals surface area contributed by atoms with Gasteiger partial charge in [0.1, 0.15) is 5.82 Å². The number of aromatic nitrogens is 2. The maximum atomic E-state index is 13.3. The number of nitrogens with one attached hydrogen (secondary N) is 3. The fourth-order valence-corrected chi connectivity index (χ4v) is 3.45. The lowest BCUT2D eigenvalue weighted by Gasteiger charge is -2.24. The number of anilines is 1.